The molecule has 0 radical (unpaired) electrons. The van der Waals surface area contributed by atoms with Crippen LogP contribution in [0.3, 0.4) is 0 Å². The lowest BCUT2D eigenvalue weighted by Crippen LogP contribution is -2.49. The number of aromatic nitrogens is 1. The van der Waals surface area contributed by atoms with Gasteiger partial charge in [0.15, 0.2) is 5.58 Å². The van der Waals surface area contributed by atoms with Crippen LogP contribution in [0.4, 0.5) is 10.1 Å². The Hall–Kier alpha value is -4.52. The first-order valence-electron chi connectivity index (χ1n) is 12.7. The monoisotopic (exact) mass is 509 g/mol. The van der Waals surface area contributed by atoms with Gasteiger partial charge in [-0.15, -0.1) is 0 Å². The van der Waals surface area contributed by atoms with Crippen LogP contribution in [0.2, 0.25) is 0 Å². The number of carbonyl (C=O) groups is 1. The highest BCUT2D eigenvalue weighted by atomic mass is 19.1. The second-order valence-electron chi connectivity index (χ2n) is 9.42. The Morgan fingerprint density at radius 2 is 1.61 bits per heavy atom. The summed E-state index contributed by atoms with van der Waals surface area (Å²) in [6.45, 7) is 3.19. The molecule has 1 amide bonds. The lowest BCUT2D eigenvalue weighted by molar-refractivity contribution is 0.0736. The summed E-state index contributed by atoms with van der Waals surface area (Å²) < 4.78 is 27.2. The molecule has 1 saturated heterocycles. The van der Waals surface area contributed by atoms with Gasteiger partial charge in [-0.25, -0.2) is 4.39 Å². The summed E-state index contributed by atoms with van der Waals surface area (Å²) >= 11 is 0. The number of rotatable bonds is 6. The fourth-order valence-electron chi connectivity index (χ4n) is 5.12. The van der Waals surface area contributed by atoms with Gasteiger partial charge in [0.25, 0.3) is 5.91 Å². The van der Waals surface area contributed by atoms with Gasteiger partial charge in [-0.05, 0) is 42.0 Å². The highest BCUT2D eigenvalue weighted by Gasteiger charge is 2.27. The molecule has 0 saturated carbocycles. The van der Waals surface area contributed by atoms with E-state index >= 15 is 0 Å². The van der Waals surface area contributed by atoms with E-state index in [1.54, 1.807) is 19.2 Å². The van der Waals surface area contributed by atoms with Crippen LogP contribution in [0, 0.1) is 5.82 Å². The number of benzene rings is 3. The minimum atomic E-state index is -0.294. The van der Waals surface area contributed by atoms with Gasteiger partial charge in [0.2, 0.25) is 0 Å². The van der Waals surface area contributed by atoms with Crippen LogP contribution < -0.4 is 9.64 Å². The van der Waals surface area contributed by atoms with Crippen molar-refractivity contribution >= 4 is 22.7 Å². The quantitative estimate of drug-likeness (QED) is 0.279. The number of carbonyl (C=O) groups excluding carboxylic acids is 1. The van der Waals surface area contributed by atoms with Gasteiger partial charge >= 0.3 is 0 Å². The number of halogens is 1. The zero-order valence-corrected chi connectivity index (χ0v) is 21.1. The number of hydrogen-bond acceptors (Lipinski definition) is 4. The number of furan rings is 1. The molecule has 0 bridgehead atoms. The zero-order valence-electron chi connectivity index (χ0n) is 21.1. The SMILES string of the molecule is COc1ccccc1N1CCN(C(=O)c2cc3oc(-c4ccc(F)cc4)cc3n2Cc2ccccc2)CC1. The molecular weight excluding hydrogens is 481 g/mol. The topological polar surface area (TPSA) is 50.9 Å². The van der Waals surface area contributed by atoms with Crippen molar-refractivity contribution in [3.05, 3.63) is 108 Å². The minimum absolute atomic E-state index is 0.0182. The van der Waals surface area contributed by atoms with Gasteiger partial charge in [-0.2, -0.15) is 0 Å². The lowest BCUT2D eigenvalue weighted by atomic mass is 10.2. The smallest absolute Gasteiger partial charge is 0.270 e. The van der Waals surface area contributed by atoms with Crippen LogP contribution in [0.25, 0.3) is 22.4 Å². The predicted octanol–water partition coefficient (Wildman–Crippen LogP) is 6.06. The third-order valence-electron chi connectivity index (χ3n) is 7.11. The second kappa shape index (κ2) is 10.1. The molecule has 0 N–H and O–H groups in total. The number of fused-ring (bicyclic) bond motifs is 1. The van der Waals surface area contributed by atoms with Gasteiger partial charge in [0, 0.05) is 50.4 Å². The van der Waals surface area contributed by atoms with E-state index in [1.165, 1.54) is 12.1 Å². The van der Waals surface area contributed by atoms with Crippen LogP contribution in [-0.2, 0) is 6.54 Å². The number of methoxy groups -OCH3 is 1. The molecule has 6 rings (SSSR count). The Bertz CT molecular complexity index is 1570. The Morgan fingerprint density at radius 1 is 0.895 bits per heavy atom. The number of nitrogens with zero attached hydrogens (tertiary/aromatic N) is 3. The first-order chi connectivity index (χ1) is 18.6. The fraction of sp³-hybridized carbons (Fsp3) is 0.194. The number of hydrogen-bond donors (Lipinski definition) is 0. The van der Waals surface area contributed by atoms with E-state index in [0.29, 0.717) is 36.7 Å². The standard InChI is InChI=1S/C31H28FN3O3/c1-37-28-10-6-5-9-25(28)33-15-17-34(18-16-33)31(36)27-20-30-26(35(27)21-22-7-3-2-4-8-22)19-29(38-30)23-11-13-24(32)14-12-23/h2-14,19-20H,15-18,21H2,1H3. The molecule has 1 aliphatic heterocycles. The highest BCUT2D eigenvalue weighted by Crippen LogP contribution is 2.32. The van der Waals surface area contributed by atoms with Crippen LogP contribution in [-0.4, -0.2) is 48.7 Å². The molecule has 192 valence electrons. The molecule has 7 heteroatoms. The van der Waals surface area contributed by atoms with Crippen LogP contribution in [0.1, 0.15) is 16.1 Å². The number of anilines is 1. The summed E-state index contributed by atoms with van der Waals surface area (Å²) in [5.74, 6) is 1.16. The summed E-state index contributed by atoms with van der Waals surface area (Å²) in [6.07, 6.45) is 0. The van der Waals surface area contributed by atoms with Crippen LogP contribution in [0.5, 0.6) is 5.75 Å². The van der Waals surface area contributed by atoms with E-state index in [1.807, 2.05) is 76.2 Å². The summed E-state index contributed by atoms with van der Waals surface area (Å²) in [4.78, 5) is 18.0. The predicted molar refractivity (Wildman–Crippen MR) is 146 cm³/mol. The van der Waals surface area contributed by atoms with E-state index in [-0.39, 0.29) is 11.7 Å². The molecular formula is C31H28FN3O3. The van der Waals surface area contributed by atoms with Gasteiger partial charge in [-0.3, -0.25) is 4.79 Å². The van der Waals surface area contributed by atoms with E-state index in [9.17, 15) is 9.18 Å². The third-order valence-corrected chi connectivity index (χ3v) is 7.11. The maximum atomic E-state index is 13.8. The molecule has 0 unspecified atom stereocenters. The fourth-order valence-corrected chi connectivity index (χ4v) is 5.12. The van der Waals surface area contributed by atoms with Gasteiger partial charge in [0.1, 0.15) is 23.0 Å². The Morgan fingerprint density at radius 3 is 2.34 bits per heavy atom. The van der Waals surface area contributed by atoms with Gasteiger partial charge < -0.3 is 23.5 Å². The number of amides is 1. The molecule has 0 spiro atoms. The molecule has 5 aromatic rings. The van der Waals surface area contributed by atoms with Crippen molar-refractivity contribution in [2.45, 2.75) is 6.54 Å². The lowest BCUT2D eigenvalue weighted by Gasteiger charge is -2.36. The summed E-state index contributed by atoms with van der Waals surface area (Å²) in [6, 6.07) is 28.0. The summed E-state index contributed by atoms with van der Waals surface area (Å²) in [7, 11) is 1.68. The molecule has 2 aromatic heterocycles. The first kappa shape index (κ1) is 23.9. The van der Waals surface area contributed by atoms with Gasteiger partial charge in [-0.1, -0.05) is 42.5 Å². The van der Waals surface area contributed by atoms with E-state index in [0.717, 1.165) is 41.2 Å². The average molecular weight is 510 g/mol. The minimum Gasteiger partial charge on any atom is -0.495 e. The molecule has 6 nitrogen and oxygen atoms in total. The Kier molecular flexibility index (Phi) is 6.33. The van der Waals surface area contributed by atoms with Crippen molar-refractivity contribution in [2.75, 3.05) is 38.2 Å². The molecule has 0 aliphatic carbocycles. The first-order valence-corrected chi connectivity index (χ1v) is 12.7. The number of para-hydroxylation sites is 2. The Labute approximate surface area is 220 Å². The van der Waals surface area contributed by atoms with Crippen molar-refractivity contribution in [3.8, 4) is 17.1 Å². The van der Waals surface area contributed by atoms with E-state index < -0.39 is 0 Å². The zero-order chi connectivity index (χ0) is 26.1. The molecule has 3 heterocycles. The maximum absolute atomic E-state index is 13.8. The molecule has 0 atom stereocenters. The summed E-state index contributed by atoms with van der Waals surface area (Å²) in [5, 5.41) is 0. The second-order valence-corrected chi connectivity index (χ2v) is 9.42. The average Bonchev–Trinajstić information content (AvgIpc) is 3.53. The van der Waals surface area contributed by atoms with Crippen molar-refractivity contribution in [1.29, 1.82) is 0 Å². The molecule has 1 aliphatic rings. The maximum Gasteiger partial charge on any atom is 0.270 e. The van der Waals surface area contributed by atoms with Crippen molar-refractivity contribution in [3.63, 3.8) is 0 Å². The number of piperazine rings is 1. The van der Waals surface area contributed by atoms with Crippen molar-refractivity contribution < 1.29 is 18.3 Å². The highest BCUT2D eigenvalue weighted by molar-refractivity contribution is 5.98. The third kappa shape index (κ3) is 4.52. The van der Waals surface area contributed by atoms with Crippen molar-refractivity contribution in [1.82, 2.24) is 9.47 Å². The Balaban J connectivity index is 1.29. The van der Waals surface area contributed by atoms with Crippen molar-refractivity contribution in [2.24, 2.45) is 0 Å². The van der Waals surface area contributed by atoms with E-state index in [4.69, 9.17) is 9.15 Å². The van der Waals surface area contributed by atoms with Crippen LogP contribution >= 0.6 is 0 Å². The molecule has 3 aromatic carbocycles. The molecule has 38 heavy (non-hydrogen) atoms. The largest absolute Gasteiger partial charge is 0.495 e. The van der Waals surface area contributed by atoms with E-state index in [2.05, 4.69) is 4.90 Å². The van der Waals surface area contributed by atoms with Gasteiger partial charge in [0.05, 0.1) is 18.3 Å². The number of ether oxygens (including phenoxy) is 1. The molecule has 1 fully saturated rings. The normalized spacial score (nSPS) is 13.7. The van der Waals surface area contributed by atoms with Crippen LogP contribution in [0.15, 0.2) is 95.4 Å². The summed E-state index contributed by atoms with van der Waals surface area (Å²) in [5.41, 5.74) is 4.98.